The molecule has 0 aliphatic heterocycles. The van der Waals surface area contributed by atoms with Crippen molar-refractivity contribution in [2.24, 2.45) is 5.73 Å². The second-order valence-corrected chi connectivity index (χ2v) is 4.79. The summed E-state index contributed by atoms with van der Waals surface area (Å²) in [4.78, 5) is 0. The Morgan fingerprint density at radius 3 is 2.53 bits per heavy atom. The van der Waals surface area contributed by atoms with Crippen molar-refractivity contribution in [3.05, 3.63) is 70.5 Å². The van der Waals surface area contributed by atoms with Crippen LogP contribution in [0.5, 0.6) is 0 Å². The summed E-state index contributed by atoms with van der Waals surface area (Å²) in [5.74, 6) is -0.345. The maximum absolute atomic E-state index is 13.3. The van der Waals surface area contributed by atoms with Crippen LogP contribution in [0.1, 0.15) is 17.2 Å². The highest BCUT2D eigenvalue weighted by molar-refractivity contribution is 6.30. The molecule has 0 heterocycles. The molecule has 0 saturated carbocycles. The fraction of sp³-hybridized carbons (Fsp3) is 0.200. The average molecular weight is 279 g/mol. The number of halogens is 2. The molecule has 1 unspecified atom stereocenters. The molecule has 0 spiro atoms. The second-order valence-electron chi connectivity index (χ2n) is 4.36. The van der Waals surface area contributed by atoms with Crippen molar-refractivity contribution in [3.63, 3.8) is 0 Å². The molecule has 2 aromatic rings. The number of hydrogen-bond acceptors (Lipinski definition) is 2. The fourth-order valence-corrected chi connectivity index (χ4v) is 2.18. The summed E-state index contributed by atoms with van der Waals surface area (Å²) in [5, 5.41) is 3.69. The van der Waals surface area contributed by atoms with E-state index < -0.39 is 0 Å². The summed E-state index contributed by atoms with van der Waals surface area (Å²) in [6, 6.07) is 14.3. The molecule has 0 saturated heterocycles. The van der Waals surface area contributed by atoms with Crippen LogP contribution >= 0.6 is 11.6 Å². The van der Waals surface area contributed by atoms with Crippen LogP contribution in [-0.4, -0.2) is 6.54 Å². The van der Waals surface area contributed by atoms with Crippen LogP contribution in [0, 0.1) is 5.82 Å². The first kappa shape index (κ1) is 14.0. The number of nitrogens with two attached hydrogens (primary N) is 1. The van der Waals surface area contributed by atoms with Crippen molar-refractivity contribution in [2.45, 2.75) is 12.6 Å². The highest BCUT2D eigenvalue weighted by Crippen LogP contribution is 2.19. The predicted octanol–water partition coefficient (Wildman–Crippen LogP) is 3.27. The Morgan fingerprint density at radius 2 is 1.89 bits per heavy atom. The van der Waals surface area contributed by atoms with E-state index in [1.165, 1.54) is 12.1 Å². The second kappa shape index (κ2) is 6.66. The molecule has 0 aliphatic rings. The predicted molar refractivity (Wildman–Crippen MR) is 76.5 cm³/mol. The summed E-state index contributed by atoms with van der Waals surface area (Å²) in [6.45, 7) is 1.06. The molecule has 0 amide bonds. The lowest BCUT2D eigenvalue weighted by Gasteiger charge is -2.18. The van der Waals surface area contributed by atoms with E-state index in [2.05, 4.69) is 5.32 Å². The lowest BCUT2D eigenvalue weighted by Crippen LogP contribution is -2.27. The summed E-state index contributed by atoms with van der Waals surface area (Å²) in [5.41, 5.74) is 7.66. The van der Waals surface area contributed by atoms with E-state index in [4.69, 9.17) is 17.3 Å². The number of hydrogen-bond donors (Lipinski definition) is 2. The Labute approximate surface area is 117 Å². The highest BCUT2D eigenvalue weighted by atomic mass is 35.5. The normalized spacial score (nSPS) is 12.4. The molecule has 4 heteroatoms. The van der Waals surface area contributed by atoms with Gasteiger partial charge in [0, 0.05) is 24.2 Å². The van der Waals surface area contributed by atoms with E-state index in [1.807, 2.05) is 30.3 Å². The van der Waals surface area contributed by atoms with Gasteiger partial charge in [0.25, 0.3) is 0 Å². The van der Waals surface area contributed by atoms with Gasteiger partial charge in [-0.25, -0.2) is 4.39 Å². The molecule has 2 nitrogen and oxygen atoms in total. The molecule has 19 heavy (non-hydrogen) atoms. The van der Waals surface area contributed by atoms with E-state index in [0.29, 0.717) is 18.1 Å². The monoisotopic (exact) mass is 278 g/mol. The van der Waals surface area contributed by atoms with Crippen LogP contribution in [0.4, 0.5) is 4.39 Å². The molecule has 0 fully saturated rings. The van der Waals surface area contributed by atoms with Crippen LogP contribution < -0.4 is 11.1 Å². The van der Waals surface area contributed by atoms with Crippen molar-refractivity contribution < 1.29 is 4.39 Å². The quantitative estimate of drug-likeness (QED) is 0.881. The van der Waals surface area contributed by atoms with Crippen molar-refractivity contribution in [3.8, 4) is 0 Å². The zero-order valence-electron chi connectivity index (χ0n) is 10.4. The van der Waals surface area contributed by atoms with E-state index in [1.54, 1.807) is 6.07 Å². The van der Waals surface area contributed by atoms with Crippen LogP contribution in [0.15, 0.2) is 48.5 Å². The van der Waals surface area contributed by atoms with E-state index in [0.717, 1.165) is 11.1 Å². The Balaban J connectivity index is 2.07. The maximum atomic E-state index is 13.3. The Morgan fingerprint density at radius 1 is 1.16 bits per heavy atom. The van der Waals surface area contributed by atoms with Crippen molar-refractivity contribution >= 4 is 11.6 Å². The van der Waals surface area contributed by atoms with Gasteiger partial charge in [0.05, 0.1) is 0 Å². The van der Waals surface area contributed by atoms with Crippen molar-refractivity contribution in [2.75, 3.05) is 6.54 Å². The van der Waals surface area contributed by atoms with E-state index >= 15 is 0 Å². The molecule has 0 radical (unpaired) electrons. The minimum atomic E-state index is -0.345. The highest BCUT2D eigenvalue weighted by Gasteiger charge is 2.11. The molecule has 3 N–H and O–H groups in total. The third kappa shape index (κ3) is 4.03. The lowest BCUT2D eigenvalue weighted by molar-refractivity contribution is 0.536. The van der Waals surface area contributed by atoms with E-state index in [9.17, 15) is 4.39 Å². The van der Waals surface area contributed by atoms with Gasteiger partial charge in [0.15, 0.2) is 0 Å². The van der Waals surface area contributed by atoms with Gasteiger partial charge in [-0.15, -0.1) is 0 Å². The molecular formula is C15H16ClFN2. The molecular weight excluding hydrogens is 263 g/mol. The summed E-state index contributed by atoms with van der Waals surface area (Å²) in [7, 11) is 0. The summed E-state index contributed by atoms with van der Waals surface area (Å²) >= 11 is 5.86. The minimum Gasteiger partial charge on any atom is -0.329 e. The zero-order valence-corrected chi connectivity index (χ0v) is 11.2. The van der Waals surface area contributed by atoms with Crippen LogP contribution in [-0.2, 0) is 6.54 Å². The number of nitrogens with one attached hydrogen (secondary N) is 1. The molecule has 2 aromatic carbocycles. The number of rotatable bonds is 5. The van der Waals surface area contributed by atoms with Gasteiger partial charge in [0.1, 0.15) is 5.82 Å². The smallest absolute Gasteiger partial charge is 0.125 e. The first-order chi connectivity index (χ1) is 9.19. The van der Waals surface area contributed by atoms with Crippen LogP contribution in [0.25, 0.3) is 0 Å². The molecule has 0 aromatic heterocycles. The SMILES string of the molecule is NCC(NCc1ccccc1)c1cc(F)cc(Cl)c1. The zero-order chi connectivity index (χ0) is 13.7. The molecule has 100 valence electrons. The van der Waals surface area contributed by atoms with Crippen molar-refractivity contribution in [1.82, 2.24) is 5.32 Å². The van der Waals surface area contributed by atoms with Gasteiger partial charge in [-0.1, -0.05) is 41.9 Å². The van der Waals surface area contributed by atoms with Gasteiger partial charge >= 0.3 is 0 Å². The molecule has 1 atom stereocenters. The molecule has 0 aliphatic carbocycles. The van der Waals surface area contributed by atoms with E-state index in [-0.39, 0.29) is 11.9 Å². The van der Waals surface area contributed by atoms with Gasteiger partial charge in [0.2, 0.25) is 0 Å². The van der Waals surface area contributed by atoms with Gasteiger partial charge in [-0.3, -0.25) is 0 Å². The van der Waals surface area contributed by atoms with Gasteiger partial charge in [-0.2, -0.15) is 0 Å². The minimum absolute atomic E-state index is 0.117. The standard InChI is InChI=1S/C15H16ClFN2/c16-13-6-12(7-14(17)8-13)15(9-18)19-10-11-4-2-1-3-5-11/h1-8,15,19H,9-10,18H2. The fourth-order valence-electron chi connectivity index (χ4n) is 1.95. The largest absolute Gasteiger partial charge is 0.329 e. The first-order valence-electron chi connectivity index (χ1n) is 6.12. The van der Waals surface area contributed by atoms with Crippen LogP contribution in [0.2, 0.25) is 5.02 Å². The number of benzene rings is 2. The molecule has 0 bridgehead atoms. The Hall–Kier alpha value is -1.42. The topological polar surface area (TPSA) is 38.0 Å². The first-order valence-corrected chi connectivity index (χ1v) is 6.50. The third-order valence-corrected chi connectivity index (χ3v) is 3.14. The Kier molecular flexibility index (Phi) is 4.91. The van der Waals surface area contributed by atoms with Gasteiger partial charge < -0.3 is 11.1 Å². The molecule has 2 rings (SSSR count). The Bertz CT molecular complexity index is 511. The third-order valence-electron chi connectivity index (χ3n) is 2.92. The lowest BCUT2D eigenvalue weighted by atomic mass is 10.1. The summed E-state index contributed by atoms with van der Waals surface area (Å²) < 4.78 is 13.3. The van der Waals surface area contributed by atoms with Crippen molar-refractivity contribution in [1.29, 1.82) is 0 Å². The maximum Gasteiger partial charge on any atom is 0.125 e. The van der Waals surface area contributed by atoms with Gasteiger partial charge in [-0.05, 0) is 29.3 Å². The summed E-state index contributed by atoms with van der Waals surface area (Å²) in [6.07, 6.45) is 0. The average Bonchev–Trinajstić information content (AvgIpc) is 2.39. The van der Waals surface area contributed by atoms with Crippen LogP contribution in [0.3, 0.4) is 0 Å².